The number of amides is 1. The monoisotopic (exact) mass is 382 g/mol. The van der Waals surface area contributed by atoms with Crippen LogP contribution in [0.1, 0.15) is 28.6 Å². The van der Waals surface area contributed by atoms with E-state index in [0.29, 0.717) is 24.3 Å². The molecule has 0 saturated carbocycles. The fraction of sp³-hybridized carbons (Fsp3) is 0.381. The average Bonchev–Trinajstić information content (AvgIpc) is 3.06. The standard InChI is InChI=1S/C21H26N4O3/c1-13-16(14(2)24(5)22-13)19(26)17-18(15-9-7-6-8-10-15)25(12-11-23(3)4)21(28)20(17)27/h6-10,18,26H,11-12H2,1-5H3/t18-/m1/s1. The highest BCUT2D eigenvalue weighted by atomic mass is 16.3. The average molecular weight is 382 g/mol. The zero-order valence-corrected chi connectivity index (χ0v) is 16.9. The fourth-order valence-electron chi connectivity index (χ4n) is 3.65. The normalized spacial score (nSPS) is 19.1. The zero-order chi connectivity index (χ0) is 20.6. The van der Waals surface area contributed by atoms with E-state index in [2.05, 4.69) is 5.10 Å². The molecule has 2 aromatic rings. The van der Waals surface area contributed by atoms with Gasteiger partial charge in [0.25, 0.3) is 11.7 Å². The number of carbonyl (C=O) groups is 2. The number of aryl methyl sites for hydroxylation is 2. The topological polar surface area (TPSA) is 78.7 Å². The van der Waals surface area contributed by atoms with Crippen LogP contribution < -0.4 is 0 Å². The highest BCUT2D eigenvalue weighted by Gasteiger charge is 2.46. The van der Waals surface area contributed by atoms with Gasteiger partial charge in [-0.05, 0) is 33.5 Å². The number of Topliss-reactive ketones (excluding diaryl/α,β-unsaturated/α-hetero) is 1. The molecule has 7 nitrogen and oxygen atoms in total. The molecule has 1 atom stereocenters. The molecule has 1 aliphatic rings. The Morgan fingerprint density at radius 1 is 1.18 bits per heavy atom. The lowest BCUT2D eigenvalue weighted by Crippen LogP contribution is -2.35. The van der Waals surface area contributed by atoms with Crippen molar-refractivity contribution in [2.24, 2.45) is 7.05 Å². The summed E-state index contributed by atoms with van der Waals surface area (Å²) < 4.78 is 1.66. The number of carbonyl (C=O) groups excluding carboxylic acids is 2. The predicted octanol–water partition coefficient (Wildman–Crippen LogP) is 2.02. The number of aliphatic hydroxyl groups is 1. The quantitative estimate of drug-likeness (QED) is 0.486. The molecule has 0 spiro atoms. The number of benzene rings is 1. The third kappa shape index (κ3) is 3.33. The van der Waals surface area contributed by atoms with Gasteiger partial charge in [-0.3, -0.25) is 14.3 Å². The second kappa shape index (κ2) is 7.59. The van der Waals surface area contributed by atoms with Crippen molar-refractivity contribution >= 4 is 17.4 Å². The molecule has 28 heavy (non-hydrogen) atoms. The van der Waals surface area contributed by atoms with Crippen LogP contribution in [0.15, 0.2) is 35.9 Å². The molecule has 1 amide bonds. The Balaban J connectivity index is 2.19. The number of nitrogens with zero attached hydrogens (tertiary/aromatic N) is 4. The molecule has 1 fully saturated rings. The van der Waals surface area contributed by atoms with E-state index in [1.165, 1.54) is 0 Å². The van der Waals surface area contributed by atoms with Crippen LogP contribution in [0.5, 0.6) is 0 Å². The molecule has 7 heteroatoms. The van der Waals surface area contributed by atoms with Crippen LogP contribution >= 0.6 is 0 Å². The summed E-state index contributed by atoms with van der Waals surface area (Å²) in [6.45, 7) is 4.61. The van der Waals surface area contributed by atoms with Crippen molar-refractivity contribution in [3.63, 3.8) is 0 Å². The summed E-state index contributed by atoms with van der Waals surface area (Å²) in [6, 6.07) is 8.72. The first-order valence-electron chi connectivity index (χ1n) is 9.22. The van der Waals surface area contributed by atoms with Crippen LogP contribution in [0.25, 0.3) is 5.76 Å². The number of aliphatic hydroxyl groups excluding tert-OH is 1. The van der Waals surface area contributed by atoms with Gasteiger partial charge in [0.05, 0.1) is 22.9 Å². The third-order valence-electron chi connectivity index (χ3n) is 5.19. The van der Waals surface area contributed by atoms with E-state index < -0.39 is 17.7 Å². The molecule has 0 radical (unpaired) electrons. The van der Waals surface area contributed by atoms with E-state index >= 15 is 0 Å². The molecule has 1 aliphatic heterocycles. The second-order valence-corrected chi connectivity index (χ2v) is 7.38. The largest absolute Gasteiger partial charge is 0.507 e. The van der Waals surface area contributed by atoms with Crippen molar-refractivity contribution < 1.29 is 14.7 Å². The van der Waals surface area contributed by atoms with Gasteiger partial charge in [-0.15, -0.1) is 0 Å². The Bertz CT molecular complexity index is 944. The molecular weight excluding hydrogens is 356 g/mol. The minimum atomic E-state index is -0.659. The molecule has 0 unspecified atom stereocenters. The summed E-state index contributed by atoms with van der Waals surface area (Å²) in [5, 5.41) is 15.5. The lowest BCUT2D eigenvalue weighted by molar-refractivity contribution is -0.140. The molecule has 1 N–H and O–H groups in total. The maximum Gasteiger partial charge on any atom is 0.295 e. The van der Waals surface area contributed by atoms with E-state index in [1.54, 1.807) is 23.6 Å². The number of likely N-dealkylation sites (N-methyl/N-ethyl adjacent to an activating group) is 1. The highest BCUT2D eigenvalue weighted by molar-refractivity contribution is 6.46. The molecule has 148 valence electrons. The summed E-state index contributed by atoms with van der Waals surface area (Å²) in [4.78, 5) is 29.3. The summed E-state index contributed by atoms with van der Waals surface area (Å²) in [7, 11) is 5.61. The van der Waals surface area contributed by atoms with E-state index in [-0.39, 0.29) is 11.3 Å². The number of hydrogen-bond donors (Lipinski definition) is 1. The van der Waals surface area contributed by atoms with Gasteiger partial charge in [0.15, 0.2) is 0 Å². The molecule has 1 saturated heterocycles. The van der Waals surface area contributed by atoms with Crippen molar-refractivity contribution in [3.8, 4) is 0 Å². The smallest absolute Gasteiger partial charge is 0.295 e. The van der Waals surface area contributed by atoms with E-state index in [4.69, 9.17) is 0 Å². The lowest BCUT2D eigenvalue weighted by atomic mass is 9.95. The zero-order valence-electron chi connectivity index (χ0n) is 16.9. The summed E-state index contributed by atoms with van der Waals surface area (Å²) in [6.07, 6.45) is 0. The fourth-order valence-corrected chi connectivity index (χ4v) is 3.65. The SMILES string of the molecule is Cc1nn(C)c(C)c1C(O)=C1C(=O)C(=O)N(CCN(C)C)[C@@H]1c1ccccc1. The Kier molecular flexibility index (Phi) is 5.38. The number of likely N-dealkylation sites (tertiary alicyclic amines) is 1. The Labute approximate surface area is 164 Å². The number of hydrogen-bond acceptors (Lipinski definition) is 5. The van der Waals surface area contributed by atoms with Crippen molar-refractivity contribution in [1.29, 1.82) is 0 Å². The van der Waals surface area contributed by atoms with E-state index in [1.807, 2.05) is 56.3 Å². The van der Waals surface area contributed by atoms with Crippen LogP contribution in [0.4, 0.5) is 0 Å². The number of rotatable bonds is 5. The molecule has 2 heterocycles. The highest BCUT2D eigenvalue weighted by Crippen LogP contribution is 2.40. The molecule has 3 rings (SSSR count). The molecule has 1 aromatic heterocycles. The van der Waals surface area contributed by atoms with Crippen molar-refractivity contribution in [3.05, 3.63) is 58.4 Å². The first kappa shape index (κ1) is 19.8. The molecule has 0 aliphatic carbocycles. The number of ketones is 1. The Hall–Kier alpha value is -2.93. The van der Waals surface area contributed by atoms with Crippen LogP contribution in [0, 0.1) is 13.8 Å². The van der Waals surface area contributed by atoms with Gasteiger partial charge < -0.3 is 14.9 Å². The first-order chi connectivity index (χ1) is 13.2. The summed E-state index contributed by atoms with van der Waals surface area (Å²) in [5.74, 6) is -1.41. The Morgan fingerprint density at radius 2 is 1.82 bits per heavy atom. The maximum atomic E-state index is 12.9. The lowest BCUT2D eigenvalue weighted by Gasteiger charge is -2.26. The van der Waals surface area contributed by atoms with Crippen molar-refractivity contribution in [2.75, 3.05) is 27.2 Å². The van der Waals surface area contributed by atoms with E-state index in [9.17, 15) is 14.7 Å². The van der Waals surface area contributed by atoms with Crippen LogP contribution in [-0.2, 0) is 16.6 Å². The van der Waals surface area contributed by atoms with E-state index in [0.717, 1.165) is 11.3 Å². The Morgan fingerprint density at radius 3 is 2.36 bits per heavy atom. The van der Waals surface area contributed by atoms with Crippen LogP contribution in [0.3, 0.4) is 0 Å². The van der Waals surface area contributed by atoms with Gasteiger partial charge in [-0.2, -0.15) is 5.10 Å². The van der Waals surface area contributed by atoms with Gasteiger partial charge in [0.1, 0.15) is 5.76 Å². The van der Waals surface area contributed by atoms with Gasteiger partial charge in [-0.25, -0.2) is 0 Å². The number of aromatic nitrogens is 2. The summed E-state index contributed by atoms with van der Waals surface area (Å²) in [5.41, 5.74) is 2.77. The van der Waals surface area contributed by atoms with Gasteiger partial charge >= 0.3 is 0 Å². The van der Waals surface area contributed by atoms with Gasteiger partial charge in [0, 0.05) is 25.8 Å². The first-order valence-corrected chi connectivity index (χ1v) is 9.22. The van der Waals surface area contributed by atoms with Crippen LogP contribution in [0.2, 0.25) is 0 Å². The van der Waals surface area contributed by atoms with Crippen LogP contribution in [-0.4, -0.2) is 63.6 Å². The van der Waals surface area contributed by atoms with Crippen molar-refractivity contribution in [2.45, 2.75) is 19.9 Å². The van der Waals surface area contributed by atoms with Gasteiger partial charge in [-0.1, -0.05) is 30.3 Å². The molecule has 0 bridgehead atoms. The third-order valence-corrected chi connectivity index (χ3v) is 5.19. The molecular formula is C21H26N4O3. The second-order valence-electron chi connectivity index (χ2n) is 7.38. The maximum absolute atomic E-state index is 12.9. The summed E-state index contributed by atoms with van der Waals surface area (Å²) >= 11 is 0. The van der Waals surface area contributed by atoms with Gasteiger partial charge in [0.2, 0.25) is 0 Å². The molecule has 1 aromatic carbocycles. The van der Waals surface area contributed by atoms with Crippen molar-refractivity contribution in [1.82, 2.24) is 19.6 Å². The minimum absolute atomic E-state index is 0.120. The minimum Gasteiger partial charge on any atom is -0.507 e. The predicted molar refractivity (Wildman–Crippen MR) is 107 cm³/mol.